The Hall–Kier alpha value is -2.47. The minimum absolute atomic E-state index is 0.0849. The number of aromatic nitrogens is 2. The first-order valence-electron chi connectivity index (χ1n) is 6.33. The fourth-order valence-electron chi connectivity index (χ4n) is 1.97. The highest BCUT2D eigenvalue weighted by molar-refractivity contribution is 7.13. The predicted octanol–water partition coefficient (Wildman–Crippen LogP) is 3.39. The first kappa shape index (κ1) is 13.5. The van der Waals surface area contributed by atoms with Crippen molar-refractivity contribution in [1.29, 1.82) is 0 Å². The molecule has 0 radical (unpaired) electrons. The molecule has 1 aromatic carbocycles. The molecule has 1 N–H and O–H groups in total. The van der Waals surface area contributed by atoms with Gasteiger partial charge in [-0.2, -0.15) is 0 Å². The highest BCUT2D eigenvalue weighted by Crippen LogP contribution is 2.22. The monoisotopic (exact) mass is 301 g/mol. The third kappa shape index (κ3) is 3.00. The van der Waals surface area contributed by atoms with Gasteiger partial charge in [-0.3, -0.25) is 4.79 Å². The zero-order valence-electron chi connectivity index (χ0n) is 11.0. The van der Waals surface area contributed by atoms with Crippen LogP contribution in [0.25, 0.3) is 10.7 Å². The van der Waals surface area contributed by atoms with Gasteiger partial charge in [0, 0.05) is 12.4 Å². The van der Waals surface area contributed by atoms with E-state index in [9.17, 15) is 9.18 Å². The number of carbonyl (C=O) groups excluding carboxylic acids is 1. The molecule has 0 saturated carbocycles. The number of halogens is 1. The molecule has 4 nitrogen and oxygen atoms in total. The highest BCUT2D eigenvalue weighted by Gasteiger charge is 2.11. The van der Waals surface area contributed by atoms with Crippen LogP contribution in [0.4, 0.5) is 10.1 Å². The van der Waals surface area contributed by atoms with Crippen molar-refractivity contribution >= 4 is 22.9 Å². The molecule has 0 bridgehead atoms. The maximum absolute atomic E-state index is 13.5. The van der Waals surface area contributed by atoms with E-state index in [4.69, 9.17) is 0 Å². The molecule has 0 aliphatic heterocycles. The van der Waals surface area contributed by atoms with Crippen molar-refractivity contribution in [1.82, 2.24) is 9.55 Å². The number of rotatable bonds is 4. The lowest BCUT2D eigenvalue weighted by Gasteiger charge is -2.08. The van der Waals surface area contributed by atoms with Crippen molar-refractivity contribution in [3.63, 3.8) is 0 Å². The second-order valence-corrected chi connectivity index (χ2v) is 5.33. The van der Waals surface area contributed by atoms with E-state index in [-0.39, 0.29) is 18.1 Å². The van der Waals surface area contributed by atoms with Crippen molar-refractivity contribution in [3.8, 4) is 10.7 Å². The Labute approximate surface area is 124 Å². The molecule has 0 fully saturated rings. The molecule has 0 unspecified atom stereocenters. The van der Waals surface area contributed by atoms with Gasteiger partial charge in [-0.1, -0.05) is 18.2 Å². The summed E-state index contributed by atoms with van der Waals surface area (Å²) in [6.07, 6.45) is 3.38. The maximum Gasteiger partial charge on any atom is 0.244 e. The molecule has 3 rings (SSSR count). The van der Waals surface area contributed by atoms with E-state index in [1.54, 1.807) is 40.4 Å². The summed E-state index contributed by atoms with van der Waals surface area (Å²) in [6, 6.07) is 9.96. The van der Waals surface area contributed by atoms with Crippen LogP contribution in [0.3, 0.4) is 0 Å². The van der Waals surface area contributed by atoms with Crippen molar-refractivity contribution in [2.24, 2.45) is 0 Å². The van der Waals surface area contributed by atoms with Gasteiger partial charge in [0.25, 0.3) is 0 Å². The fraction of sp³-hybridized carbons (Fsp3) is 0.0667. The standard InChI is InChI=1S/C15H12FN3OS/c16-11-4-1-2-5-12(11)18-14(20)10-19-8-7-17-15(19)13-6-3-9-21-13/h1-9H,10H2,(H,18,20). The van der Waals surface area contributed by atoms with Crippen molar-refractivity contribution < 1.29 is 9.18 Å². The van der Waals surface area contributed by atoms with Gasteiger partial charge in [0.1, 0.15) is 18.2 Å². The summed E-state index contributed by atoms with van der Waals surface area (Å²) >= 11 is 1.55. The van der Waals surface area contributed by atoms with E-state index in [0.29, 0.717) is 0 Å². The zero-order valence-corrected chi connectivity index (χ0v) is 11.8. The fourth-order valence-corrected chi connectivity index (χ4v) is 2.71. The lowest BCUT2D eigenvalue weighted by atomic mass is 10.3. The molecular formula is C15H12FN3OS. The van der Waals surface area contributed by atoms with Crippen LogP contribution in [-0.4, -0.2) is 15.5 Å². The lowest BCUT2D eigenvalue weighted by Crippen LogP contribution is -2.19. The van der Waals surface area contributed by atoms with E-state index >= 15 is 0 Å². The molecule has 0 saturated heterocycles. The van der Waals surface area contributed by atoms with Crippen LogP contribution < -0.4 is 5.32 Å². The number of amides is 1. The van der Waals surface area contributed by atoms with Gasteiger partial charge in [-0.25, -0.2) is 9.37 Å². The largest absolute Gasteiger partial charge is 0.322 e. The normalized spacial score (nSPS) is 10.5. The van der Waals surface area contributed by atoms with E-state index in [0.717, 1.165) is 10.7 Å². The second-order valence-electron chi connectivity index (χ2n) is 4.38. The first-order chi connectivity index (χ1) is 10.2. The van der Waals surface area contributed by atoms with Crippen LogP contribution in [0.15, 0.2) is 54.2 Å². The third-order valence-electron chi connectivity index (χ3n) is 2.92. The average Bonchev–Trinajstić information content (AvgIpc) is 3.11. The Morgan fingerprint density at radius 2 is 2.14 bits per heavy atom. The molecule has 1 amide bonds. The van der Waals surface area contributed by atoms with E-state index in [1.807, 2.05) is 17.5 Å². The van der Waals surface area contributed by atoms with Crippen molar-refractivity contribution in [3.05, 3.63) is 60.0 Å². The molecule has 0 atom stereocenters. The molecule has 0 spiro atoms. The lowest BCUT2D eigenvalue weighted by molar-refractivity contribution is -0.116. The molecule has 106 valence electrons. The van der Waals surface area contributed by atoms with Crippen LogP contribution in [-0.2, 0) is 11.3 Å². The summed E-state index contributed by atoms with van der Waals surface area (Å²) < 4.78 is 15.2. The number of nitrogens with one attached hydrogen (secondary N) is 1. The van der Waals surface area contributed by atoms with Gasteiger partial charge in [0.15, 0.2) is 0 Å². The summed E-state index contributed by atoms with van der Waals surface area (Å²) in [5, 5.41) is 4.51. The first-order valence-corrected chi connectivity index (χ1v) is 7.21. The Balaban J connectivity index is 1.74. The number of nitrogens with zero attached hydrogens (tertiary/aromatic N) is 2. The second kappa shape index (κ2) is 5.88. The summed E-state index contributed by atoms with van der Waals surface area (Å²) in [7, 11) is 0. The quantitative estimate of drug-likeness (QED) is 0.803. The molecular weight excluding hydrogens is 289 g/mol. The van der Waals surface area contributed by atoms with Crippen molar-refractivity contribution in [2.45, 2.75) is 6.54 Å². The highest BCUT2D eigenvalue weighted by atomic mass is 32.1. The van der Waals surface area contributed by atoms with Crippen LogP contribution in [0, 0.1) is 5.82 Å². The summed E-state index contributed by atoms with van der Waals surface area (Å²) in [4.78, 5) is 17.3. The average molecular weight is 301 g/mol. The number of imidazole rings is 1. The van der Waals surface area contributed by atoms with Gasteiger partial charge in [-0.05, 0) is 23.6 Å². The molecule has 21 heavy (non-hydrogen) atoms. The summed E-state index contributed by atoms with van der Waals surface area (Å²) in [5.74, 6) is -0.0143. The Morgan fingerprint density at radius 3 is 2.90 bits per heavy atom. The van der Waals surface area contributed by atoms with Crippen LogP contribution >= 0.6 is 11.3 Å². The summed E-state index contributed by atoms with van der Waals surface area (Å²) in [5.41, 5.74) is 0.181. The van der Waals surface area contributed by atoms with Gasteiger partial charge in [0.2, 0.25) is 5.91 Å². The van der Waals surface area contributed by atoms with E-state index in [1.165, 1.54) is 12.1 Å². The third-order valence-corrected chi connectivity index (χ3v) is 3.78. The van der Waals surface area contributed by atoms with Crippen LogP contribution in [0.1, 0.15) is 0 Å². The SMILES string of the molecule is O=C(Cn1ccnc1-c1cccs1)Nc1ccccc1F. The Morgan fingerprint density at radius 1 is 1.29 bits per heavy atom. The number of benzene rings is 1. The van der Waals surface area contributed by atoms with E-state index in [2.05, 4.69) is 10.3 Å². The van der Waals surface area contributed by atoms with Gasteiger partial charge >= 0.3 is 0 Å². The molecule has 3 aromatic rings. The molecule has 2 aromatic heterocycles. The molecule has 0 aliphatic carbocycles. The van der Waals surface area contributed by atoms with Gasteiger partial charge in [-0.15, -0.1) is 11.3 Å². The smallest absolute Gasteiger partial charge is 0.244 e. The number of para-hydroxylation sites is 1. The van der Waals surface area contributed by atoms with E-state index < -0.39 is 5.82 Å². The topological polar surface area (TPSA) is 46.9 Å². The number of hydrogen-bond donors (Lipinski definition) is 1. The summed E-state index contributed by atoms with van der Waals surface area (Å²) in [6.45, 7) is 0.0849. The van der Waals surface area contributed by atoms with Gasteiger partial charge in [0.05, 0.1) is 10.6 Å². The zero-order chi connectivity index (χ0) is 14.7. The van der Waals surface area contributed by atoms with Crippen molar-refractivity contribution in [2.75, 3.05) is 5.32 Å². The number of anilines is 1. The maximum atomic E-state index is 13.5. The Kier molecular flexibility index (Phi) is 3.79. The predicted molar refractivity (Wildman–Crippen MR) is 80.6 cm³/mol. The molecule has 2 heterocycles. The number of carbonyl (C=O) groups is 1. The molecule has 6 heteroatoms. The van der Waals surface area contributed by atoms with Crippen LogP contribution in [0.2, 0.25) is 0 Å². The Bertz CT molecular complexity index is 752. The van der Waals surface area contributed by atoms with Gasteiger partial charge < -0.3 is 9.88 Å². The molecule has 0 aliphatic rings. The minimum atomic E-state index is -0.449. The van der Waals surface area contributed by atoms with Crippen LogP contribution in [0.5, 0.6) is 0 Å². The number of thiophene rings is 1. The number of hydrogen-bond acceptors (Lipinski definition) is 3. The minimum Gasteiger partial charge on any atom is -0.322 e.